The first-order valence-electron chi connectivity index (χ1n) is 11.1. The normalized spacial score (nSPS) is 13.4. The number of thiocarbonyl (C=S) groups is 1. The van der Waals surface area contributed by atoms with Crippen molar-refractivity contribution < 1.29 is 13.2 Å². The van der Waals surface area contributed by atoms with Gasteiger partial charge in [0.1, 0.15) is 4.90 Å². The fourth-order valence-electron chi connectivity index (χ4n) is 3.92. The van der Waals surface area contributed by atoms with Crippen molar-refractivity contribution in [1.29, 1.82) is 0 Å². The number of amides is 1. The molecule has 182 valence electrons. The minimum absolute atomic E-state index is 0.0267. The molecule has 0 saturated carbocycles. The van der Waals surface area contributed by atoms with E-state index in [9.17, 15) is 13.2 Å². The average molecular weight is 529 g/mol. The maximum absolute atomic E-state index is 13.4. The van der Waals surface area contributed by atoms with Crippen LogP contribution in [0.3, 0.4) is 0 Å². The Morgan fingerprint density at radius 3 is 2.43 bits per heavy atom. The Labute approximate surface area is 215 Å². The van der Waals surface area contributed by atoms with Crippen LogP contribution < -0.4 is 20.3 Å². The molecule has 3 aromatic rings. The maximum atomic E-state index is 13.4. The number of aryl methyl sites for hydroxylation is 1. The van der Waals surface area contributed by atoms with Crippen LogP contribution in [0.1, 0.15) is 28.8 Å². The van der Waals surface area contributed by atoms with Crippen molar-refractivity contribution in [2.45, 2.75) is 24.7 Å². The largest absolute Gasteiger partial charge is 0.370 e. The van der Waals surface area contributed by atoms with Gasteiger partial charge in [0, 0.05) is 24.5 Å². The minimum Gasteiger partial charge on any atom is -0.370 e. The van der Waals surface area contributed by atoms with Crippen LogP contribution in [-0.4, -0.2) is 32.5 Å². The maximum Gasteiger partial charge on any atom is 0.264 e. The lowest BCUT2D eigenvalue weighted by molar-refractivity contribution is 0.0978. The van der Waals surface area contributed by atoms with Crippen molar-refractivity contribution in [3.8, 4) is 0 Å². The standard InChI is InChI=1S/C25H25ClN4O3S2/c1-17-7-6-8-19(15-17)29-35(32,33)23-16-18(11-12-22(23)30-13-4-5-14-30)27-25(34)28-24(31)20-9-2-3-10-21(20)26/h2-3,6-12,15-16,29H,4-5,13-14H2,1H3,(H2,27,28,31,34). The molecule has 0 radical (unpaired) electrons. The summed E-state index contributed by atoms with van der Waals surface area (Å²) in [6, 6.07) is 18.8. The van der Waals surface area contributed by atoms with E-state index < -0.39 is 15.9 Å². The number of hydrogen-bond donors (Lipinski definition) is 3. The topological polar surface area (TPSA) is 90.5 Å². The molecule has 1 aliphatic rings. The second kappa shape index (κ2) is 10.6. The van der Waals surface area contributed by atoms with Crippen LogP contribution in [0.4, 0.5) is 17.1 Å². The predicted molar refractivity (Wildman–Crippen MR) is 145 cm³/mol. The molecule has 0 aromatic heterocycles. The Bertz CT molecular complexity index is 1370. The number of hydrogen-bond acceptors (Lipinski definition) is 5. The average Bonchev–Trinajstić information content (AvgIpc) is 3.34. The van der Waals surface area contributed by atoms with E-state index in [1.165, 1.54) is 6.07 Å². The van der Waals surface area contributed by atoms with Gasteiger partial charge in [0.15, 0.2) is 5.11 Å². The number of sulfonamides is 1. The van der Waals surface area contributed by atoms with Crippen molar-refractivity contribution in [2.75, 3.05) is 28.0 Å². The third-order valence-electron chi connectivity index (χ3n) is 5.57. The zero-order valence-corrected chi connectivity index (χ0v) is 21.4. The summed E-state index contributed by atoms with van der Waals surface area (Å²) in [5.41, 5.74) is 2.77. The SMILES string of the molecule is Cc1cccc(NS(=O)(=O)c2cc(NC(=S)NC(=O)c3ccccc3Cl)ccc2N2CCCC2)c1. The quantitative estimate of drug-likeness (QED) is 0.382. The van der Waals surface area contributed by atoms with Gasteiger partial charge in [0.25, 0.3) is 15.9 Å². The lowest BCUT2D eigenvalue weighted by Gasteiger charge is -2.23. The Morgan fingerprint density at radius 2 is 1.71 bits per heavy atom. The van der Waals surface area contributed by atoms with Gasteiger partial charge in [-0.3, -0.25) is 14.8 Å². The van der Waals surface area contributed by atoms with Crippen molar-refractivity contribution in [2.24, 2.45) is 0 Å². The highest BCUT2D eigenvalue weighted by molar-refractivity contribution is 7.93. The molecule has 4 rings (SSSR count). The highest BCUT2D eigenvalue weighted by Crippen LogP contribution is 2.32. The molecule has 1 saturated heterocycles. The number of carbonyl (C=O) groups is 1. The number of halogens is 1. The van der Waals surface area contributed by atoms with Gasteiger partial charge in [-0.1, -0.05) is 35.9 Å². The van der Waals surface area contributed by atoms with Gasteiger partial charge in [0.2, 0.25) is 0 Å². The minimum atomic E-state index is -3.91. The van der Waals surface area contributed by atoms with Gasteiger partial charge in [-0.25, -0.2) is 8.42 Å². The predicted octanol–water partition coefficient (Wildman–Crippen LogP) is 5.18. The fraction of sp³-hybridized carbons (Fsp3) is 0.200. The van der Waals surface area contributed by atoms with Crippen LogP contribution in [0.2, 0.25) is 5.02 Å². The van der Waals surface area contributed by atoms with E-state index in [-0.39, 0.29) is 15.6 Å². The Hall–Kier alpha value is -3.14. The molecule has 0 unspecified atom stereocenters. The molecule has 3 N–H and O–H groups in total. The van der Waals surface area contributed by atoms with Crippen LogP contribution in [0, 0.1) is 6.92 Å². The van der Waals surface area contributed by atoms with Gasteiger partial charge in [-0.05, 0) is 80.0 Å². The summed E-state index contributed by atoms with van der Waals surface area (Å²) >= 11 is 11.4. The summed E-state index contributed by atoms with van der Waals surface area (Å²) in [7, 11) is -3.91. The van der Waals surface area contributed by atoms with E-state index in [2.05, 4.69) is 20.3 Å². The van der Waals surface area contributed by atoms with Crippen molar-refractivity contribution in [3.05, 3.63) is 82.9 Å². The zero-order chi connectivity index (χ0) is 25.0. The molecule has 0 aliphatic carbocycles. The molecule has 0 spiro atoms. The highest BCUT2D eigenvalue weighted by atomic mass is 35.5. The zero-order valence-electron chi connectivity index (χ0n) is 19.0. The van der Waals surface area contributed by atoms with Crippen molar-refractivity contribution in [1.82, 2.24) is 5.32 Å². The van der Waals surface area contributed by atoms with Crippen LogP contribution in [0.5, 0.6) is 0 Å². The van der Waals surface area contributed by atoms with E-state index in [1.807, 2.05) is 13.0 Å². The molecule has 7 nitrogen and oxygen atoms in total. The fourth-order valence-corrected chi connectivity index (χ4v) is 5.66. The van der Waals surface area contributed by atoms with Gasteiger partial charge in [-0.2, -0.15) is 0 Å². The summed E-state index contributed by atoms with van der Waals surface area (Å²) in [6.45, 7) is 3.47. The molecule has 0 bridgehead atoms. The lowest BCUT2D eigenvalue weighted by atomic mass is 10.2. The number of nitrogens with zero attached hydrogens (tertiary/aromatic N) is 1. The molecule has 1 fully saturated rings. The first-order chi connectivity index (χ1) is 16.7. The van der Waals surface area contributed by atoms with Gasteiger partial charge in [-0.15, -0.1) is 0 Å². The molecule has 0 atom stereocenters. The molecule has 1 amide bonds. The number of benzene rings is 3. The van der Waals surface area contributed by atoms with Crippen LogP contribution in [-0.2, 0) is 10.0 Å². The Morgan fingerprint density at radius 1 is 0.971 bits per heavy atom. The van der Waals surface area contributed by atoms with Crippen LogP contribution in [0.25, 0.3) is 0 Å². The van der Waals surface area contributed by atoms with Crippen molar-refractivity contribution >= 4 is 61.9 Å². The molecule has 3 aromatic carbocycles. The molecule has 1 heterocycles. The van der Waals surface area contributed by atoms with Gasteiger partial charge in [0.05, 0.1) is 16.3 Å². The number of anilines is 3. The third-order valence-corrected chi connectivity index (χ3v) is 7.51. The summed E-state index contributed by atoms with van der Waals surface area (Å²) < 4.78 is 29.6. The Balaban J connectivity index is 1.59. The monoisotopic (exact) mass is 528 g/mol. The molecule has 10 heteroatoms. The Kier molecular flexibility index (Phi) is 7.59. The molecule has 1 aliphatic heterocycles. The highest BCUT2D eigenvalue weighted by Gasteiger charge is 2.25. The first-order valence-corrected chi connectivity index (χ1v) is 13.4. The third kappa shape index (κ3) is 6.11. The molecule has 35 heavy (non-hydrogen) atoms. The summed E-state index contributed by atoms with van der Waals surface area (Å²) in [5, 5.41) is 5.82. The molecular formula is C25H25ClN4O3S2. The van der Waals surface area contributed by atoms with E-state index >= 15 is 0 Å². The summed E-state index contributed by atoms with van der Waals surface area (Å²) in [5.74, 6) is -0.462. The van der Waals surface area contributed by atoms with Gasteiger partial charge >= 0.3 is 0 Å². The lowest BCUT2D eigenvalue weighted by Crippen LogP contribution is -2.34. The summed E-state index contributed by atoms with van der Waals surface area (Å²) in [6.07, 6.45) is 2.01. The van der Waals surface area contributed by atoms with Crippen LogP contribution in [0.15, 0.2) is 71.6 Å². The molecular weight excluding hydrogens is 504 g/mol. The van der Waals surface area contributed by atoms with E-state index in [4.69, 9.17) is 23.8 Å². The second-order valence-electron chi connectivity index (χ2n) is 8.24. The second-order valence-corrected chi connectivity index (χ2v) is 10.7. The van der Waals surface area contributed by atoms with E-state index in [1.54, 1.807) is 54.6 Å². The smallest absolute Gasteiger partial charge is 0.264 e. The number of rotatable bonds is 6. The number of nitrogens with one attached hydrogen (secondary N) is 3. The van der Waals surface area contributed by atoms with Gasteiger partial charge < -0.3 is 10.2 Å². The van der Waals surface area contributed by atoms with E-state index in [0.717, 1.165) is 31.5 Å². The van der Waals surface area contributed by atoms with E-state index in [0.29, 0.717) is 22.1 Å². The summed E-state index contributed by atoms with van der Waals surface area (Å²) in [4.78, 5) is 14.7. The van der Waals surface area contributed by atoms with Crippen LogP contribution >= 0.6 is 23.8 Å². The number of carbonyl (C=O) groups excluding carboxylic acids is 1. The first kappa shape index (κ1) is 25.0. The van der Waals surface area contributed by atoms with Crippen molar-refractivity contribution in [3.63, 3.8) is 0 Å².